The molecule has 4 nitrogen and oxygen atoms in total. The third kappa shape index (κ3) is 1.96. The SMILES string of the molecule is CS(=O)(=O)[C@@H]1[C@@H](c2ccc(Br)cc2)[C@@]1(C#N)CO. The minimum atomic E-state index is -3.36. The van der Waals surface area contributed by atoms with Crippen molar-refractivity contribution in [1.29, 1.82) is 5.26 Å². The van der Waals surface area contributed by atoms with Crippen molar-refractivity contribution in [3.63, 3.8) is 0 Å². The summed E-state index contributed by atoms with van der Waals surface area (Å²) in [6.45, 7) is -0.442. The van der Waals surface area contributed by atoms with Crippen LogP contribution in [0.5, 0.6) is 0 Å². The molecule has 0 aromatic heterocycles. The summed E-state index contributed by atoms with van der Waals surface area (Å²) in [4.78, 5) is 0. The number of hydrogen-bond donors (Lipinski definition) is 1. The first-order valence-corrected chi connectivity index (χ1v) is 8.08. The first kappa shape index (κ1) is 13.5. The fourth-order valence-electron chi connectivity index (χ4n) is 2.53. The predicted octanol–water partition coefficient (Wildman–Crippen LogP) is 1.46. The highest BCUT2D eigenvalue weighted by Gasteiger charge is 2.70. The fraction of sp³-hybridized carbons (Fsp3) is 0.417. The van der Waals surface area contributed by atoms with Gasteiger partial charge in [0.25, 0.3) is 0 Å². The van der Waals surface area contributed by atoms with Crippen molar-refractivity contribution in [2.45, 2.75) is 11.2 Å². The van der Waals surface area contributed by atoms with Crippen LogP contribution < -0.4 is 0 Å². The molecule has 1 N–H and O–H groups in total. The van der Waals surface area contributed by atoms with Gasteiger partial charge in [0.1, 0.15) is 5.41 Å². The molecule has 3 atom stereocenters. The van der Waals surface area contributed by atoms with Crippen LogP contribution in [0.4, 0.5) is 0 Å². The van der Waals surface area contributed by atoms with Gasteiger partial charge in [-0.1, -0.05) is 28.1 Å². The van der Waals surface area contributed by atoms with Gasteiger partial charge in [0.2, 0.25) is 0 Å². The van der Waals surface area contributed by atoms with Crippen LogP contribution in [-0.2, 0) is 9.84 Å². The number of nitrogens with zero attached hydrogens (tertiary/aromatic N) is 1. The van der Waals surface area contributed by atoms with E-state index >= 15 is 0 Å². The molecule has 0 unspecified atom stereocenters. The Morgan fingerprint density at radius 2 is 2.00 bits per heavy atom. The first-order chi connectivity index (χ1) is 8.36. The van der Waals surface area contributed by atoms with Gasteiger partial charge in [-0.05, 0) is 17.7 Å². The topological polar surface area (TPSA) is 78.2 Å². The highest BCUT2D eigenvalue weighted by molar-refractivity contribution is 9.10. The summed E-state index contributed by atoms with van der Waals surface area (Å²) >= 11 is 3.30. The molecule has 0 saturated heterocycles. The lowest BCUT2D eigenvalue weighted by atomic mass is 10.0. The number of rotatable bonds is 3. The number of halogens is 1. The molecule has 1 saturated carbocycles. The zero-order chi connectivity index (χ0) is 13.6. The van der Waals surface area contributed by atoms with Gasteiger partial charge in [-0.25, -0.2) is 8.42 Å². The fourth-order valence-corrected chi connectivity index (χ4v) is 4.65. The Balaban J connectivity index is 2.46. The Hall–Kier alpha value is -0.900. The van der Waals surface area contributed by atoms with E-state index < -0.39 is 33.0 Å². The largest absolute Gasteiger partial charge is 0.395 e. The van der Waals surface area contributed by atoms with Gasteiger partial charge in [-0.15, -0.1) is 0 Å². The van der Waals surface area contributed by atoms with Crippen LogP contribution in [0.1, 0.15) is 11.5 Å². The molecule has 0 amide bonds. The van der Waals surface area contributed by atoms with E-state index in [2.05, 4.69) is 15.9 Å². The number of benzene rings is 1. The lowest BCUT2D eigenvalue weighted by Gasteiger charge is -2.03. The average Bonchev–Trinajstić information content (AvgIpc) is 3.00. The number of nitriles is 1. The van der Waals surface area contributed by atoms with Crippen LogP contribution in [0, 0.1) is 16.7 Å². The minimum absolute atomic E-state index is 0.442. The Kier molecular flexibility index (Phi) is 3.26. The summed E-state index contributed by atoms with van der Waals surface area (Å²) in [7, 11) is -3.36. The zero-order valence-electron chi connectivity index (χ0n) is 9.67. The normalized spacial score (nSPS) is 30.8. The smallest absolute Gasteiger partial charge is 0.152 e. The van der Waals surface area contributed by atoms with E-state index in [9.17, 15) is 18.8 Å². The molecule has 0 heterocycles. The van der Waals surface area contributed by atoms with E-state index in [1.54, 1.807) is 24.3 Å². The Labute approximate surface area is 114 Å². The summed E-state index contributed by atoms with van der Waals surface area (Å²) < 4.78 is 24.3. The molecule has 6 heteroatoms. The van der Waals surface area contributed by atoms with E-state index in [0.29, 0.717) is 0 Å². The molecular weight excluding hydrogens is 318 g/mol. The van der Waals surface area contributed by atoms with Crippen molar-refractivity contribution in [2.75, 3.05) is 12.9 Å². The van der Waals surface area contributed by atoms with Gasteiger partial charge in [0.05, 0.1) is 17.9 Å². The average molecular weight is 330 g/mol. The van der Waals surface area contributed by atoms with Gasteiger partial charge in [-0.2, -0.15) is 5.26 Å². The van der Waals surface area contributed by atoms with E-state index in [1.807, 2.05) is 6.07 Å². The molecular formula is C12H12BrNO3S. The van der Waals surface area contributed by atoms with E-state index in [1.165, 1.54) is 0 Å². The van der Waals surface area contributed by atoms with Crippen LogP contribution in [0.15, 0.2) is 28.7 Å². The predicted molar refractivity (Wildman–Crippen MR) is 70.6 cm³/mol. The van der Waals surface area contributed by atoms with Crippen molar-refractivity contribution in [2.24, 2.45) is 5.41 Å². The molecule has 2 rings (SSSR count). The molecule has 0 bridgehead atoms. The van der Waals surface area contributed by atoms with Crippen molar-refractivity contribution in [3.05, 3.63) is 34.3 Å². The van der Waals surface area contributed by atoms with Crippen LogP contribution >= 0.6 is 15.9 Å². The van der Waals surface area contributed by atoms with Crippen LogP contribution in [0.3, 0.4) is 0 Å². The summed E-state index contributed by atoms with van der Waals surface area (Å²) in [5.74, 6) is -0.449. The highest BCUT2D eigenvalue weighted by atomic mass is 79.9. The van der Waals surface area contributed by atoms with E-state index in [0.717, 1.165) is 16.3 Å². The highest BCUT2D eigenvalue weighted by Crippen LogP contribution is 2.62. The van der Waals surface area contributed by atoms with Crippen LogP contribution in [0.25, 0.3) is 0 Å². The molecule has 1 aliphatic rings. The van der Waals surface area contributed by atoms with E-state index in [4.69, 9.17) is 0 Å². The van der Waals surface area contributed by atoms with Gasteiger partial charge >= 0.3 is 0 Å². The lowest BCUT2D eigenvalue weighted by Crippen LogP contribution is -2.16. The van der Waals surface area contributed by atoms with Crippen molar-refractivity contribution < 1.29 is 13.5 Å². The van der Waals surface area contributed by atoms with Crippen LogP contribution in [0.2, 0.25) is 0 Å². The van der Waals surface area contributed by atoms with Gasteiger partial charge < -0.3 is 5.11 Å². The summed E-state index contributed by atoms with van der Waals surface area (Å²) in [5.41, 5.74) is -0.425. The lowest BCUT2D eigenvalue weighted by molar-refractivity contribution is 0.242. The molecule has 1 aromatic rings. The third-order valence-corrected chi connectivity index (χ3v) is 5.56. The zero-order valence-corrected chi connectivity index (χ0v) is 12.1. The number of hydrogen-bond acceptors (Lipinski definition) is 4. The molecule has 0 radical (unpaired) electrons. The molecule has 96 valence electrons. The van der Waals surface area contributed by atoms with Crippen molar-refractivity contribution in [1.82, 2.24) is 0 Å². The van der Waals surface area contributed by atoms with Gasteiger partial charge in [0.15, 0.2) is 9.84 Å². The maximum absolute atomic E-state index is 11.7. The summed E-state index contributed by atoms with van der Waals surface area (Å²) in [5, 5.41) is 17.8. The molecule has 1 aliphatic carbocycles. The standard InChI is InChI=1S/C12H12BrNO3S/c1-18(16,17)11-10(12(11,6-14)7-15)8-2-4-9(13)5-3-8/h2-5,10-11,15H,7H2,1H3/t10-,11-,12-/m1/s1. The number of aliphatic hydroxyl groups is 1. The molecule has 1 aromatic carbocycles. The monoisotopic (exact) mass is 329 g/mol. The Bertz CT molecular complexity index is 605. The van der Waals surface area contributed by atoms with Gasteiger partial charge in [-0.3, -0.25) is 0 Å². The number of sulfone groups is 1. The number of aliphatic hydroxyl groups excluding tert-OH is 1. The minimum Gasteiger partial charge on any atom is -0.395 e. The first-order valence-electron chi connectivity index (χ1n) is 5.33. The summed E-state index contributed by atoms with van der Waals surface area (Å²) in [6, 6.07) is 9.14. The Morgan fingerprint density at radius 1 is 1.44 bits per heavy atom. The maximum Gasteiger partial charge on any atom is 0.152 e. The molecule has 0 aliphatic heterocycles. The van der Waals surface area contributed by atoms with Crippen molar-refractivity contribution >= 4 is 25.8 Å². The maximum atomic E-state index is 11.7. The van der Waals surface area contributed by atoms with Crippen molar-refractivity contribution in [3.8, 4) is 6.07 Å². The Morgan fingerprint density at radius 3 is 2.33 bits per heavy atom. The second-order valence-electron chi connectivity index (χ2n) is 4.59. The quantitative estimate of drug-likeness (QED) is 0.910. The van der Waals surface area contributed by atoms with Crippen LogP contribution in [-0.4, -0.2) is 31.6 Å². The van der Waals surface area contributed by atoms with Gasteiger partial charge in [0, 0.05) is 16.6 Å². The molecule has 18 heavy (non-hydrogen) atoms. The third-order valence-electron chi connectivity index (χ3n) is 3.42. The summed E-state index contributed by atoms with van der Waals surface area (Å²) in [6.07, 6.45) is 1.11. The second-order valence-corrected chi connectivity index (χ2v) is 7.67. The molecule has 0 spiro atoms. The second kappa shape index (κ2) is 4.34. The molecule has 1 fully saturated rings. The van der Waals surface area contributed by atoms with E-state index in [-0.39, 0.29) is 0 Å².